The first-order chi connectivity index (χ1) is 9.95. The maximum Gasteiger partial charge on any atom is 0.304 e. The Balaban J connectivity index is 2.56. The summed E-state index contributed by atoms with van der Waals surface area (Å²) >= 11 is 0. The van der Waals surface area contributed by atoms with Gasteiger partial charge in [0.15, 0.2) is 0 Å². The van der Waals surface area contributed by atoms with Crippen LogP contribution < -0.4 is 0 Å². The fourth-order valence-electron chi connectivity index (χ4n) is 1.99. The Hall–Kier alpha value is -1.21. The number of ether oxygens (including phenoxy) is 1. The third kappa shape index (κ3) is 6.86. The van der Waals surface area contributed by atoms with Gasteiger partial charge < -0.3 is 9.84 Å². The van der Waals surface area contributed by atoms with E-state index in [1.807, 2.05) is 6.07 Å². The monoisotopic (exact) mass is 319 g/mol. The number of carbonyl (C=O) groups is 1. The van der Waals surface area contributed by atoms with Crippen LogP contribution in [0.5, 0.6) is 0 Å². The van der Waals surface area contributed by atoms with Crippen LogP contribution in [-0.4, -0.2) is 80.4 Å². The lowest BCUT2D eigenvalue weighted by Gasteiger charge is -2.29. The average molecular weight is 319 g/mol. The van der Waals surface area contributed by atoms with E-state index in [0.29, 0.717) is 19.8 Å². The highest BCUT2D eigenvalue weighted by Gasteiger charge is 2.23. The molecule has 21 heavy (non-hydrogen) atoms. The molecule has 0 atom stereocenters. The van der Waals surface area contributed by atoms with Crippen LogP contribution in [0, 0.1) is 11.3 Å². The molecule has 1 aliphatic rings. The second-order valence-electron chi connectivity index (χ2n) is 4.72. The predicted molar refractivity (Wildman–Crippen MR) is 75.1 cm³/mol. The smallest absolute Gasteiger partial charge is 0.304 e. The molecule has 0 aromatic carbocycles. The van der Waals surface area contributed by atoms with Crippen LogP contribution in [0.1, 0.15) is 12.8 Å². The van der Waals surface area contributed by atoms with Crippen LogP contribution in [0.2, 0.25) is 0 Å². The van der Waals surface area contributed by atoms with Gasteiger partial charge in [0.25, 0.3) is 0 Å². The maximum absolute atomic E-state index is 12.1. The first-order valence-corrected chi connectivity index (χ1v) is 8.43. The van der Waals surface area contributed by atoms with Gasteiger partial charge in [0.05, 0.1) is 31.5 Å². The van der Waals surface area contributed by atoms with Gasteiger partial charge in [0.1, 0.15) is 0 Å². The van der Waals surface area contributed by atoms with Crippen LogP contribution >= 0.6 is 0 Å². The zero-order valence-electron chi connectivity index (χ0n) is 11.9. The van der Waals surface area contributed by atoms with Crippen LogP contribution in [0.4, 0.5) is 0 Å². The van der Waals surface area contributed by atoms with Crippen molar-refractivity contribution in [2.24, 2.45) is 0 Å². The molecule has 0 spiro atoms. The summed E-state index contributed by atoms with van der Waals surface area (Å²) in [5.41, 5.74) is 0. The van der Waals surface area contributed by atoms with Gasteiger partial charge in [-0.1, -0.05) is 0 Å². The SMILES string of the molecule is N#CCCN(CCN1CCOCC1)S(=O)(=O)CCC(=O)O. The zero-order chi connectivity index (χ0) is 15.7. The Morgan fingerprint density at radius 3 is 2.57 bits per heavy atom. The van der Waals surface area contributed by atoms with Gasteiger partial charge in [-0.05, 0) is 0 Å². The van der Waals surface area contributed by atoms with E-state index in [1.54, 1.807) is 0 Å². The van der Waals surface area contributed by atoms with Gasteiger partial charge in [-0.15, -0.1) is 0 Å². The first kappa shape index (κ1) is 17.8. The third-order valence-corrected chi connectivity index (χ3v) is 5.08. The van der Waals surface area contributed by atoms with E-state index in [9.17, 15) is 13.2 Å². The van der Waals surface area contributed by atoms with Gasteiger partial charge in [-0.25, -0.2) is 8.42 Å². The van der Waals surface area contributed by atoms with Crippen molar-refractivity contribution in [2.75, 3.05) is 51.7 Å². The molecular formula is C12H21N3O5S. The Morgan fingerprint density at radius 1 is 1.33 bits per heavy atom. The summed E-state index contributed by atoms with van der Waals surface area (Å²) in [5, 5.41) is 17.2. The molecule has 1 N–H and O–H groups in total. The van der Waals surface area contributed by atoms with Gasteiger partial charge in [0, 0.05) is 39.1 Å². The lowest BCUT2D eigenvalue weighted by molar-refractivity contribution is -0.136. The Bertz CT molecular complexity index is 468. The lowest BCUT2D eigenvalue weighted by atomic mass is 10.4. The third-order valence-electron chi connectivity index (χ3n) is 3.21. The van der Waals surface area contributed by atoms with Gasteiger partial charge in [0.2, 0.25) is 10.0 Å². The lowest BCUT2D eigenvalue weighted by Crippen LogP contribution is -2.44. The maximum atomic E-state index is 12.1. The predicted octanol–water partition coefficient (Wildman–Crippen LogP) is -0.661. The molecule has 0 aromatic rings. The summed E-state index contributed by atoms with van der Waals surface area (Å²) in [6.07, 6.45) is -0.335. The Labute approximate surface area is 124 Å². The van der Waals surface area contributed by atoms with E-state index in [1.165, 1.54) is 4.31 Å². The number of hydrogen-bond acceptors (Lipinski definition) is 6. The number of nitrogens with zero attached hydrogens (tertiary/aromatic N) is 3. The van der Waals surface area contributed by atoms with Crippen molar-refractivity contribution in [3.05, 3.63) is 0 Å². The van der Waals surface area contributed by atoms with Crippen molar-refractivity contribution >= 4 is 16.0 Å². The molecule has 1 fully saturated rings. The highest BCUT2D eigenvalue weighted by molar-refractivity contribution is 7.89. The van der Waals surface area contributed by atoms with E-state index in [4.69, 9.17) is 15.1 Å². The molecule has 0 unspecified atom stereocenters. The molecule has 1 heterocycles. The summed E-state index contributed by atoms with van der Waals surface area (Å²) in [6, 6.07) is 1.92. The fraction of sp³-hybridized carbons (Fsp3) is 0.833. The van der Waals surface area contributed by atoms with E-state index < -0.39 is 28.2 Å². The molecule has 1 rings (SSSR count). The molecule has 0 saturated carbocycles. The second-order valence-corrected chi connectivity index (χ2v) is 6.81. The summed E-state index contributed by atoms with van der Waals surface area (Å²) in [7, 11) is -3.65. The number of aliphatic carboxylic acids is 1. The van der Waals surface area contributed by atoms with Crippen LogP contribution in [0.3, 0.4) is 0 Å². The summed E-state index contributed by atoms with van der Waals surface area (Å²) in [4.78, 5) is 12.6. The number of nitriles is 1. The highest BCUT2D eigenvalue weighted by atomic mass is 32.2. The molecule has 8 nitrogen and oxygen atoms in total. The van der Waals surface area contributed by atoms with E-state index in [0.717, 1.165) is 13.1 Å². The molecule has 1 aliphatic heterocycles. The minimum Gasteiger partial charge on any atom is -0.481 e. The molecular weight excluding hydrogens is 298 g/mol. The van der Waals surface area contributed by atoms with Crippen molar-refractivity contribution in [2.45, 2.75) is 12.8 Å². The summed E-state index contributed by atoms with van der Waals surface area (Å²) in [6.45, 7) is 3.68. The molecule has 0 aliphatic carbocycles. The minimum absolute atomic E-state index is 0.0927. The number of rotatable bonds is 9. The standard InChI is InChI=1S/C12H21N3O5S/c13-3-1-4-15(21(18,19)11-2-12(16)17)6-5-14-7-9-20-10-8-14/h1-2,4-11H2,(H,16,17). The fourth-order valence-corrected chi connectivity index (χ4v) is 3.41. The largest absolute Gasteiger partial charge is 0.481 e. The van der Waals surface area contributed by atoms with Gasteiger partial charge >= 0.3 is 5.97 Å². The van der Waals surface area contributed by atoms with Crippen molar-refractivity contribution in [3.63, 3.8) is 0 Å². The van der Waals surface area contributed by atoms with Gasteiger partial charge in [-0.3, -0.25) is 9.69 Å². The quantitative estimate of drug-likeness (QED) is 0.600. The van der Waals surface area contributed by atoms with Crippen LogP contribution in [0.25, 0.3) is 0 Å². The van der Waals surface area contributed by atoms with Crippen molar-refractivity contribution in [1.29, 1.82) is 5.26 Å². The molecule has 0 bridgehead atoms. The number of sulfonamides is 1. The number of hydrogen-bond donors (Lipinski definition) is 1. The first-order valence-electron chi connectivity index (χ1n) is 6.82. The van der Waals surface area contributed by atoms with Crippen LogP contribution in [-0.2, 0) is 19.6 Å². The molecule has 120 valence electrons. The number of morpholine rings is 1. The Morgan fingerprint density at radius 2 is 2.00 bits per heavy atom. The van der Waals surface area contributed by atoms with E-state index in [2.05, 4.69) is 4.90 Å². The van der Waals surface area contributed by atoms with Crippen molar-refractivity contribution in [3.8, 4) is 6.07 Å². The number of carboxylic acids is 1. The van der Waals surface area contributed by atoms with Gasteiger partial charge in [-0.2, -0.15) is 9.57 Å². The van der Waals surface area contributed by atoms with Crippen LogP contribution in [0.15, 0.2) is 0 Å². The Kier molecular flexibility index (Phi) is 7.60. The summed E-state index contributed by atoms with van der Waals surface area (Å²) in [5.74, 6) is -1.58. The molecule has 0 radical (unpaired) electrons. The second kappa shape index (κ2) is 8.94. The topological polar surface area (TPSA) is 111 Å². The molecule has 9 heteroatoms. The van der Waals surface area contributed by atoms with Crippen molar-refractivity contribution in [1.82, 2.24) is 9.21 Å². The molecule has 0 amide bonds. The van der Waals surface area contributed by atoms with Crippen molar-refractivity contribution < 1.29 is 23.1 Å². The van der Waals surface area contributed by atoms with E-state index >= 15 is 0 Å². The molecule has 0 aromatic heterocycles. The summed E-state index contributed by atoms with van der Waals surface area (Å²) < 4.78 is 30.7. The molecule has 1 saturated heterocycles. The average Bonchev–Trinajstić information content (AvgIpc) is 2.46. The number of carboxylic acid groups (broad SMARTS) is 1. The highest BCUT2D eigenvalue weighted by Crippen LogP contribution is 2.06. The van der Waals surface area contributed by atoms with E-state index in [-0.39, 0.29) is 19.5 Å². The minimum atomic E-state index is -3.65. The zero-order valence-corrected chi connectivity index (χ0v) is 12.7. The normalized spacial score (nSPS) is 16.8.